The zero-order valence-electron chi connectivity index (χ0n) is 12.9. The van der Waals surface area contributed by atoms with Gasteiger partial charge >= 0.3 is 12.0 Å². The molecule has 0 saturated heterocycles. The number of carboxylic acid groups (broad SMARTS) is 1. The normalized spacial score (nSPS) is 25.5. The lowest BCUT2D eigenvalue weighted by atomic mass is 10.1. The number of carbonyl (C=O) groups is 2. The van der Waals surface area contributed by atoms with Crippen molar-refractivity contribution < 1.29 is 14.7 Å². The summed E-state index contributed by atoms with van der Waals surface area (Å²) in [7, 11) is 0. The molecule has 0 radical (unpaired) electrons. The Balaban J connectivity index is 1.92. The van der Waals surface area contributed by atoms with E-state index in [9.17, 15) is 9.59 Å². The van der Waals surface area contributed by atoms with Gasteiger partial charge in [0.05, 0.1) is 12.0 Å². The molecule has 2 amide bonds. The third kappa shape index (κ3) is 4.22. The van der Waals surface area contributed by atoms with E-state index in [1.807, 2.05) is 4.90 Å². The van der Waals surface area contributed by atoms with Gasteiger partial charge in [0, 0.05) is 12.6 Å². The van der Waals surface area contributed by atoms with Gasteiger partial charge in [-0.2, -0.15) is 0 Å². The molecule has 2 rings (SSSR count). The fourth-order valence-corrected chi connectivity index (χ4v) is 3.24. The van der Waals surface area contributed by atoms with Crippen molar-refractivity contribution in [2.75, 3.05) is 6.54 Å². The zero-order valence-corrected chi connectivity index (χ0v) is 12.9. The van der Waals surface area contributed by atoms with E-state index < -0.39 is 11.9 Å². The average molecular weight is 294 g/mol. The number of carboxylic acids is 1. The van der Waals surface area contributed by atoms with Gasteiger partial charge in [0.15, 0.2) is 0 Å². The monoisotopic (exact) mass is 294 g/mol. The van der Waals surface area contributed by atoms with Crippen molar-refractivity contribution in [2.24, 2.45) is 11.8 Å². The van der Waals surface area contributed by atoms with Crippen molar-refractivity contribution >= 4 is 12.0 Å². The van der Waals surface area contributed by atoms with Crippen LogP contribution in [0.3, 0.4) is 0 Å². The minimum Gasteiger partial charge on any atom is -0.481 e. The molecule has 0 bridgehead atoms. The molecule has 2 unspecified atom stereocenters. The summed E-state index contributed by atoms with van der Waals surface area (Å²) in [6.45, 7) is 4.99. The Morgan fingerprint density at radius 3 is 2.48 bits per heavy atom. The van der Waals surface area contributed by atoms with E-state index >= 15 is 0 Å². The van der Waals surface area contributed by atoms with Crippen LogP contribution in [0.25, 0.3) is 0 Å². The van der Waals surface area contributed by atoms with Crippen molar-refractivity contribution in [3.63, 3.8) is 0 Å². The molecule has 0 aliphatic heterocycles. The highest BCUT2D eigenvalue weighted by Crippen LogP contribution is 2.25. The second kappa shape index (κ2) is 6.96. The quantitative estimate of drug-likeness (QED) is 0.766. The summed E-state index contributed by atoms with van der Waals surface area (Å²) in [6, 6.07) is 0.138. The van der Waals surface area contributed by atoms with Gasteiger partial charge in [-0.1, -0.05) is 38.8 Å². The Morgan fingerprint density at radius 2 is 1.95 bits per heavy atom. The van der Waals surface area contributed by atoms with Crippen LogP contribution in [0.15, 0.2) is 12.2 Å². The first-order valence-corrected chi connectivity index (χ1v) is 7.95. The molecule has 5 heteroatoms. The number of rotatable bonds is 5. The summed E-state index contributed by atoms with van der Waals surface area (Å²) in [5.41, 5.74) is 0. The van der Waals surface area contributed by atoms with E-state index in [0.29, 0.717) is 18.4 Å². The van der Waals surface area contributed by atoms with Gasteiger partial charge < -0.3 is 15.3 Å². The summed E-state index contributed by atoms with van der Waals surface area (Å²) in [5, 5.41) is 12.0. The highest BCUT2D eigenvalue weighted by molar-refractivity contribution is 5.76. The van der Waals surface area contributed by atoms with Crippen LogP contribution in [0.5, 0.6) is 0 Å². The third-order valence-corrected chi connectivity index (χ3v) is 4.30. The molecule has 0 spiro atoms. The maximum Gasteiger partial charge on any atom is 0.318 e. The van der Waals surface area contributed by atoms with Crippen molar-refractivity contribution in [1.29, 1.82) is 0 Å². The molecule has 0 aromatic heterocycles. The van der Waals surface area contributed by atoms with Crippen LogP contribution >= 0.6 is 0 Å². The minimum atomic E-state index is -0.821. The molecule has 2 aliphatic rings. The Morgan fingerprint density at radius 1 is 1.29 bits per heavy atom. The second-order valence-electron chi connectivity index (χ2n) is 6.61. The van der Waals surface area contributed by atoms with E-state index in [2.05, 4.69) is 19.2 Å². The van der Waals surface area contributed by atoms with E-state index in [4.69, 9.17) is 5.11 Å². The second-order valence-corrected chi connectivity index (χ2v) is 6.61. The van der Waals surface area contributed by atoms with E-state index in [1.165, 1.54) is 12.8 Å². The standard InChI is InChI=1S/C16H26N2O3/c1-11(2)10-18(14-5-3-4-6-14)16(21)17-13-8-7-12(9-13)15(19)20/h7-8,11-14H,3-6,9-10H2,1-2H3,(H,17,21)(H,19,20). The van der Waals surface area contributed by atoms with Crippen LogP contribution in [0.4, 0.5) is 4.79 Å². The largest absolute Gasteiger partial charge is 0.481 e. The number of hydrogen-bond donors (Lipinski definition) is 2. The predicted molar refractivity (Wildman–Crippen MR) is 81.0 cm³/mol. The molecular formula is C16H26N2O3. The number of nitrogens with one attached hydrogen (secondary N) is 1. The summed E-state index contributed by atoms with van der Waals surface area (Å²) in [4.78, 5) is 25.4. The zero-order chi connectivity index (χ0) is 15.4. The van der Waals surface area contributed by atoms with Gasteiger partial charge in [0.2, 0.25) is 0 Å². The van der Waals surface area contributed by atoms with Crippen LogP contribution in [0.1, 0.15) is 46.0 Å². The van der Waals surface area contributed by atoms with E-state index in [0.717, 1.165) is 19.4 Å². The number of aliphatic carboxylic acids is 1. The van der Waals surface area contributed by atoms with Crippen LogP contribution in [0.2, 0.25) is 0 Å². The van der Waals surface area contributed by atoms with Gasteiger partial charge in [0.25, 0.3) is 0 Å². The first-order chi connectivity index (χ1) is 9.97. The first kappa shape index (κ1) is 15.9. The van der Waals surface area contributed by atoms with Crippen molar-refractivity contribution in [1.82, 2.24) is 10.2 Å². The number of amides is 2. The number of carbonyl (C=O) groups excluding carboxylic acids is 1. The summed E-state index contributed by atoms with van der Waals surface area (Å²) in [6.07, 6.45) is 8.49. The highest BCUT2D eigenvalue weighted by atomic mass is 16.4. The van der Waals surface area contributed by atoms with Crippen LogP contribution < -0.4 is 5.32 Å². The molecule has 0 aromatic rings. The highest BCUT2D eigenvalue weighted by Gasteiger charge is 2.30. The van der Waals surface area contributed by atoms with Gasteiger partial charge in [-0.25, -0.2) is 4.79 Å². The Bertz CT molecular complexity index is 414. The SMILES string of the molecule is CC(C)CN(C(=O)NC1C=CC(C(=O)O)C1)C1CCCC1. The van der Waals surface area contributed by atoms with E-state index in [-0.39, 0.29) is 12.1 Å². The number of nitrogens with zero attached hydrogens (tertiary/aromatic N) is 1. The van der Waals surface area contributed by atoms with Crippen LogP contribution in [-0.2, 0) is 4.79 Å². The molecular weight excluding hydrogens is 268 g/mol. The molecule has 1 fully saturated rings. The molecule has 1 saturated carbocycles. The smallest absolute Gasteiger partial charge is 0.318 e. The molecule has 21 heavy (non-hydrogen) atoms. The number of hydrogen-bond acceptors (Lipinski definition) is 2. The molecule has 2 aliphatic carbocycles. The maximum atomic E-state index is 12.5. The van der Waals surface area contributed by atoms with Gasteiger partial charge in [-0.05, 0) is 25.2 Å². The Labute approximate surface area is 126 Å². The fraction of sp³-hybridized carbons (Fsp3) is 0.750. The fourth-order valence-electron chi connectivity index (χ4n) is 3.24. The lowest BCUT2D eigenvalue weighted by molar-refractivity contribution is -0.140. The molecule has 118 valence electrons. The summed E-state index contributed by atoms with van der Waals surface area (Å²) >= 11 is 0. The summed E-state index contributed by atoms with van der Waals surface area (Å²) in [5.74, 6) is -0.861. The topological polar surface area (TPSA) is 69.6 Å². The van der Waals surface area contributed by atoms with Crippen LogP contribution in [-0.4, -0.2) is 40.6 Å². The molecule has 2 N–H and O–H groups in total. The molecule has 0 heterocycles. The number of urea groups is 1. The predicted octanol–water partition coefficient (Wildman–Crippen LogP) is 2.63. The Kier molecular flexibility index (Phi) is 5.26. The minimum absolute atomic E-state index is 0.0451. The van der Waals surface area contributed by atoms with Crippen molar-refractivity contribution in [3.05, 3.63) is 12.2 Å². The molecule has 5 nitrogen and oxygen atoms in total. The van der Waals surface area contributed by atoms with Crippen LogP contribution in [0, 0.1) is 11.8 Å². The molecule has 0 aromatic carbocycles. The Hall–Kier alpha value is -1.52. The third-order valence-electron chi connectivity index (χ3n) is 4.30. The average Bonchev–Trinajstić information content (AvgIpc) is 3.06. The van der Waals surface area contributed by atoms with Crippen molar-refractivity contribution in [2.45, 2.75) is 58.0 Å². The lowest BCUT2D eigenvalue weighted by Crippen LogP contribution is -2.49. The van der Waals surface area contributed by atoms with Crippen molar-refractivity contribution in [3.8, 4) is 0 Å². The summed E-state index contributed by atoms with van der Waals surface area (Å²) < 4.78 is 0. The first-order valence-electron chi connectivity index (χ1n) is 7.95. The lowest BCUT2D eigenvalue weighted by Gasteiger charge is -2.31. The molecule has 2 atom stereocenters. The van der Waals surface area contributed by atoms with E-state index in [1.54, 1.807) is 12.2 Å². The van der Waals surface area contributed by atoms with Gasteiger partial charge in [0.1, 0.15) is 0 Å². The van der Waals surface area contributed by atoms with Gasteiger partial charge in [-0.3, -0.25) is 4.79 Å². The van der Waals surface area contributed by atoms with Gasteiger partial charge in [-0.15, -0.1) is 0 Å². The maximum absolute atomic E-state index is 12.5.